The number of hydrogen-bond donors (Lipinski definition) is 3. The zero-order valence-electron chi connectivity index (χ0n) is 20.9. The lowest BCUT2D eigenvalue weighted by atomic mass is 9.94. The monoisotopic (exact) mass is 546 g/mol. The maximum atomic E-state index is 13.1. The molecule has 0 spiro atoms. The molecule has 0 saturated carbocycles. The summed E-state index contributed by atoms with van der Waals surface area (Å²) in [5, 5.41) is 6.32. The molecular formula is C24H27ClN6O5S. The maximum absolute atomic E-state index is 13.1. The number of nitrogens with zero attached hydrogens (tertiary/aromatic N) is 3. The number of ether oxygens (including phenoxy) is 1. The van der Waals surface area contributed by atoms with Crippen molar-refractivity contribution in [2.45, 2.75) is 38.8 Å². The number of benzene rings is 1. The van der Waals surface area contributed by atoms with Crippen LogP contribution < -0.4 is 10.6 Å². The van der Waals surface area contributed by atoms with E-state index in [4.69, 9.17) is 16.3 Å². The van der Waals surface area contributed by atoms with Crippen LogP contribution in [0.2, 0.25) is 5.02 Å². The molecule has 1 aliphatic heterocycles. The first-order valence-corrected chi connectivity index (χ1v) is 13.3. The summed E-state index contributed by atoms with van der Waals surface area (Å²) in [4.78, 5) is 36.8. The summed E-state index contributed by atoms with van der Waals surface area (Å²) in [6, 6.07) is 8.28. The van der Waals surface area contributed by atoms with Gasteiger partial charge in [0.2, 0.25) is 16.0 Å². The van der Waals surface area contributed by atoms with Gasteiger partial charge < -0.3 is 15.0 Å². The third kappa shape index (κ3) is 5.70. The second kappa shape index (κ2) is 9.34. The number of aliphatic imine (C=N–C) groups is 1. The number of aromatic nitrogens is 2. The Bertz CT molecular complexity index is 1510. The molecule has 1 aromatic carbocycles. The van der Waals surface area contributed by atoms with Crippen molar-refractivity contribution in [1.82, 2.24) is 19.6 Å². The normalized spacial score (nSPS) is 19.3. The molecule has 0 fully saturated rings. The molecule has 0 aliphatic carbocycles. The number of carbonyl (C=O) groups excluding carboxylic acids is 2. The average molecular weight is 547 g/mol. The van der Waals surface area contributed by atoms with Crippen LogP contribution in [-0.2, 0) is 20.3 Å². The number of nitrogens with one attached hydrogen (secondary N) is 3. The molecule has 1 atom stereocenters. The van der Waals surface area contributed by atoms with Gasteiger partial charge in [0, 0.05) is 41.6 Å². The van der Waals surface area contributed by atoms with Gasteiger partial charge in [-0.1, -0.05) is 11.6 Å². The molecule has 0 saturated heterocycles. The Balaban J connectivity index is 1.70. The topological polar surface area (TPSA) is 146 Å². The first kappa shape index (κ1) is 26.4. The minimum atomic E-state index is -3.84. The van der Waals surface area contributed by atoms with Gasteiger partial charge in [-0.3, -0.25) is 10.1 Å². The second-order valence-electron chi connectivity index (χ2n) is 9.84. The second-order valence-corrected chi connectivity index (χ2v) is 12.3. The van der Waals surface area contributed by atoms with Crippen LogP contribution in [0.15, 0.2) is 47.7 Å². The Morgan fingerprint density at radius 1 is 1.19 bits per heavy atom. The van der Waals surface area contributed by atoms with E-state index in [1.165, 1.54) is 19.3 Å². The molecule has 4 rings (SSSR count). The van der Waals surface area contributed by atoms with Gasteiger partial charge in [-0.15, -0.1) is 0 Å². The van der Waals surface area contributed by atoms with Crippen LogP contribution in [0.1, 0.15) is 43.7 Å². The van der Waals surface area contributed by atoms with Gasteiger partial charge in [0.1, 0.15) is 16.8 Å². The third-order valence-corrected chi connectivity index (χ3v) is 7.78. The molecule has 0 radical (unpaired) electrons. The molecule has 2 amide bonds. The van der Waals surface area contributed by atoms with Gasteiger partial charge in [0.15, 0.2) is 0 Å². The maximum Gasteiger partial charge on any atom is 0.414 e. The number of carbonyl (C=O) groups is 2. The van der Waals surface area contributed by atoms with E-state index in [-0.39, 0.29) is 17.4 Å². The number of rotatable bonds is 3. The Morgan fingerprint density at radius 3 is 2.57 bits per heavy atom. The van der Waals surface area contributed by atoms with Crippen LogP contribution in [0.4, 0.5) is 10.5 Å². The Hall–Kier alpha value is -3.64. The molecular weight excluding hydrogens is 520 g/mol. The largest absolute Gasteiger partial charge is 0.444 e. The van der Waals surface area contributed by atoms with Gasteiger partial charge in [-0.05, 0) is 58.0 Å². The van der Waals surface area contributed by atoms with Crippen LogP contribution in [0.3, 0.4) is 0 Å². The number of guanidine groups is 1. The number of aromatic amines is 1. The number of fused-ring (bicyclic) bond motifs is 1. The van der Waals surface area contributed by atoms with E-state index >= 15 is 0 Å². The van der Waals surface area contributed by atoms with Crippen LogP contribution >= 0.6 is 11.6 Å². The van der Waals surface area contributed by atoms with Crippen molar-refractivity contribution in [3.8, 4) is 0 Å². The predicted molar refractivity (Wildman–Crippen MR) is 141 cm³/mol. The Kier molecular flexibility index (Phi) is 6.67. The standard InChI is InChI=1S/C24H27ClN6O5S/c1-23(2,3)36-22(33)29-21-30-24(4,13-37(34,35)31(21)5)17-12-27-18-9-7-15(10-16(17)18)28-20(32)19-8-6-14(25)11-26-19/h6-12,27H,13H2,1-5H3,(H,28,32)(H,29,30,33)/t24-/m0/s1. The fourth-order valence-electron chi connectivity index (χ4n) is 3.91. The van der Waals surface area contributed by atoms with E-state index in [1.54, 1.807) is 58.2 Å². The van der Waals surface area contributed by atoms with Crippen molar-refractivity contribution in [3.05, 3.63) is 59.0 Å². The van der Waals surface area contributed by atoms with E-state index in [0.717, 1.165) is 4.31 Å². The van der Waals surface area contributed by atoms with E-state index in [0.29, 0.717) is 27.2 Å². The molecule has 2 aromatic heterocycles. The fraction of sp³-hybridized carbons (Fsp3) is 0.333. The molecule has 37 heavy (non-hydrogen) atoms. The molecule has 3 N–H and O–H groups in total. The number of pyridine rings is 1. The quantitative estimate of drug-likeness (QED) is 0.455. The number of H-pyrrole nitrogens is 1. The minimum absolute atomic E-state index is 0.157. The summed E-state index contributed by atoms with van der Waals surface area (Å²) in [6.45, 7) is 6.77. The summed E-state index contributed by atoms with van der Waals surface area (Å²) in [6.07, 6.45) is 2.23. The first-order valence-electron chi connectivity index (χ1n) is 11.3. The summed E-state index contributed by atoms with van der Waals surface area (Å²) < 4.78 is 32.3. The molecule has 13 heteroatoms. The minimum Gasteiger partial charge on any atom is -0.444 e. The molecule has 0 unspecified atom stereocenters. The van der Waals surface area contributed by atoms with Gasteiger partial charge >= 0.3 is 6.09 Å². The van der Waals surface area contributed by atoms with Crippen molar-refractivity contribution in [3.63, 3.8) is 0 Å². The predicted octanol–water partition coefficient (Wildman–Crippen LogP) is 3.84. The molecule has 11 nitrogen and oxygen atoms in total. The van der Waals surface area contributed by atoms with Gasteiger partial charge in [-0.2, -0.15) is 0 Å². The number of amides is 2. The molecule has 1 aliphatic rings. The van der Waals surface area contributed by atoms with Crippen LogP contribution in [0, 0.1) is 0 Å². The summed E-state index contributed by atoms with van der Waals surface area (Å²) in [5.41, 5.74) is -0.0799. The first-order chi connectivity index (χ1) is 17.2. The SMILES string of the molecule is CN1C(NC(=O)OC(C)(C)C)=N[C@](C)(c2c[nH]c3ccc(NC(=O)c4ccc(Cl)cn4)cc23)CS1(=O)=O. The number of halogens is 1. The van der Waals surface area contributed by atoms with E-state index < -0.39 is 33.2 Å². The zero-order valence-corrected chi connectivity index (χ0v) is 22.5. The van der Waals surface area contributed by atoms with Crippen molar-refractivity contribution in [1.29, 1.82) is 0 Å². The van der Waals surface area contributed by atoms with Crippen molar-refractivity contribution >= 4 is 56.2 Å². The van der Waals surface area contributed by atoms with E-state index in [9.17, 15) is 18.0 Å². The smallest absolute Gasteiger partial charge is 0.414 e. The van der Waals surface area contributed by atoms with Crippen LogP contribution in [0.5, 0.6) is 0 Å². The van der Waals surface area contributed by atoms with Crippen LogP contribution in [0.25, 0.3) is 10.9 Å². The van der Waals surface area contributed by atoms with Gasteiger partial charge in [-0.25, -0.2) is 27.5 Å². The highest BCUT2D eigenvalue weighted by Gasteiger charge is 2.43. The Labute approximate surface area is 219 Å². The third-order valence-electron chi connectivity index (χ3n) is 5.62. The molecule has 3 heterocycles. The zero-order chi connectivity index (χ0) is 27.2. The average Bonchev–Trinajstić information content (AvgIpc) is 3.20. The summed E-state index contributed by atoms with van der Waals surface area (Å²) in [5.74, 6) is -0.924. The summed E-state index contributed by atoms with van der Waals surface area (Å²) >= 11 is 5.84. The lowest BCUT2D eigenvalue weighted by Gasteiger charge is -2.35. The van der Waals surface area contributed by atoms with Crippen molar-refractivity contribution < 1.29 is 22.7 Å². The number of anilines is 1. The number of alkyl carbamates (subject to hydrolysis) is 1. The van der Waals surface area contributed by atoms with E-state index in [2.05, 4.69) is 25.6 Å². The lowest BCUT2D eigenvalue weighted by Crippen LogP contribution is -2.54. The number of hydrogen-bond acceptors (Lipinski definition) is 7. The highest BCUT2D eigenvalue weighted by Crippen LogP contribution is 2.37. The van der Waals surface area contributed by atoms with Crippen molar-refractivity contribution in [2.24, 2.45) is 4.99 Å². The van der Waals surface area contributed by atoms with E-state index in [1.807, 2.05) is 0 Å². The Morgan fingerprint density at radius 2 is 1.92 bits per heavy atom. The number of sulfonamides is 1. The highest BCUT2D eigenvalue weighted by molar-refractivity contribution is 7.89. The lowest BCUT2D eigenvalue weighted by molar-refractivity contribution is 0.0559. The van der Waals surface area contributed by atoms with Gasteiger partial charge in [0.25, 0.3) is 5.91 Å². The summed E-state index contributed by atoms with van der Waals surface area (Å²) in [7, 11) is -2.52. The van der Waals surface area contributed by atoms with Gasteiger partial charge in [0.05, 0.1) is 10.8 Å². The molecule has 0 bridgehead atoms. The molecule has 3 aromatic rings. The van der Waals surface area contributed by atoms with Crippen molar-refractivity contribution in [2.75, 3.05) is 18.1 Å². The fourth-order valence-corrected chi connectivity index (χ4v) is 5.49. The molecule has 196 valence electrons. The van der Waals surface area contributed by atoms with Crippen LogP contribution in [-0.4, -0.2) is 59.1 Å². The highest BCUT2D eigenvalue weighted by atomic mass is 35.5.